The summed E-state index contributed by atoms with van der Waals surface area (Å²) in [6, 6.07) is 0. The van der Waals surface area contributed by atoms with Gasteiger partial charge in [-0.25, -0.2) is 14.8 Å². The van der Waals surface area contributed by atoms with Crippen LogP contribution in [0.3, 0.4) is 0 Å². The largest absolute Gasteiger partial charge is 0.462 e. The molecule has 8 nitrogen and oxygen atoms in total. The molecule has 1 saturated heterocycles. The van der Waals surface area contributed by atoms with Gasteiger partial charge in [-0.05, 0) is 19.4 Å². The molecule has 3 rings (SSSR count). The SMILES string of the molecule is CCOC(=O)c1sc2nc(C[NH+]3CCOCC3)nc(N(C)CCO)c2c1C. The van der Waals surface area contributed by atoms with Crippen molar-refractivity contribution in [2.24, 2.45) is 0 Å². The molecule has 3 heterocycles. The Hall–Kier alpha value is -1.81. The lowest BCUT2D eigenvalue weighted by atomic mass is 10.2. The highest BCUT2D eigenvalue weighted by Crippen LogP contribution is 2.35. The van der Waals surface area contributed by atoms with Crippen molar-refractivity contribution in [3.05, 3.63) is 16.3 Å². The number of carbonyl (C=O) groups is 1. The molecular formula is C18H27N4O4S+. The number of esters is 1. The van der Waals surface area contributed by atoms with E-state index in [1.165, 1.54) is 16.2 Å². The molecule has 0 atom stereocenters. The molecule has 0 unspecified atom stereocenters. The minimum atomic E-state index is -0.325. The third-order valence-corrected chi connectivity index (χ3v) is 5.85. The van der Waals surface area contributed by atoms with Gasteiger partial charge < -0.3 is 24.4 Å². The standard InChI is InChI=1S/C18H26N4O4S/c1-4-26-18(24)15-12(2)14-16(21(3)5-8-23)19-13(20-17(14)27-15)11-22-6-9-25-10-7-22/h23H,4-11H2,1-3H3/p+1. The number of aliphatic hydroxyl groups excluding tert-OH is 1. The zero-order valence-corrected chi connectivity index (χ0v) is 16.9. The highest BCUT2D eigenvalue weighted by molar-refractivity contribution is 7.20. The van der Waals surface area contributed by atoms with Crippen LogP contribution in [0.25, 0.3) is 10.2 Å². The van der Waals surface area contributed by atoms with Crippen LogP contribution in [0.4, 0.5) is 5.82 Å². The number of carbonyl (C=O) groups excluding carboxylic acids is 1. The molecule has 0 aliphatic carbocycles. The van der Waals surface area contributed by atoms with Crippen LogP contribution in [0.15, 0.2) is 0 Å². The quantitative estimate of drug-likeness (QED) is 0.639. The molecule has 0 saturated carbocycles. The number of ether oxygens (including phenoxy) is 2. The fraction of sp³-hybridized carbons (Fsp3) is 0.611. The zero-order chi connectivity index (χ0) is 19.4. The first-order chi connectivity index (χ1) is 13.0. The number of thiophene rings is 1. The van der Waals surface area contributed by atoms with Crippen LogP contribution in [0.5, 0.6) is 0 Å². The predicted molar refractivity (Wildman–Crippen MR) is 104 cm³/mol. The number of aromatic nitrogens is 2. The van der Waals surface area contributed by atoms with Crippen molar-refractivity contribution in [3.8, 4) is 0 Å². The van der Waals surface area contributed by atoms with Gasteiger partial charge in [0.1, 0.15) is 35.2 Å². The molecule has 2 aromatic rings. The van der Waals surface area contributed by atoms with Crippen LogP contribution in [0, 0.1) is 6.92 Å². The summed E-state index contributed by atoms with van der Waals surface area (Å²) in [5, 5.41) is 10.2. The normalized spacial score (nSPS) is 15.3. The minimum absolute atomic E-state index is 0.0277. The summed E-state index contributed by atoms with van der Waals surface area (Å²) in [6.07, 6.45) is 0. The molecule has 0 bridgehead atoms. The fourth-order valence-electron chi connectivity index (χ4n) is 3.22. The number of hydrogen-bond acceptors (Lipinski definition) is 8. The van der Waals surface area contributed by atoms with Gasteiger partial charge in [0, 0.05) is 13.6 Å². The molecule has 0 radical (unpaired) electrons. The molecule has 27 heavy (non-hydrogen) atoms. The molecule has 0 spiro atoms. The number of quaternary nitrogens is 1. The fourth-order valence-corrected chi connectivity index (χ4v) is 4.31. The highest BCUT2D eigenvalue weighted by Gasteiger charge is 2.24. The first-order valence-electron chi connectivity index (χ1n) is 9.25. The summed E-state index contributed by atoms with van der Waals surface area (Å²) >= 11 is 1.35. The van der Waals surface area contributed by atoms with E-state index in [0.717, 1.165) is 53.7 Å². The Kier molecular flexibility index (Phi) is 6.59. The topological polar surface area (TPSA) is 89.2 Å². The molecule has 1 aliphatic heterocycles. The van der Waals surface area contributed by atoms with Gasteiger partial charge in [-0.15, -0.1) is 11.3 Å². The Morgan fingerprint density at radius 3 is 2.78 bits per heavy atom. The number of hydrogen-bond donors (Lipinski definition) is 2. The maximum atomic E-state index is 12.3. The van der Waals surface area contributed by atoms with E-state index >= 15 is 0 Å². The average Bonchev–Trinajstić information content (AvgIpc) is 2.99. The van der Waals surface area contributed by atoms with Gasteiger partial charge in [-0.2, -0.15) is 0 Å². The van der Waals surface area contributed by atoms with Gasteiger partial charge in [0.25, 0.3) is 0 Å². The Balaban J connectivity index is 2.03. The Morgan fingerprint density at radius 1 is 1.37 bits per heavy atom. The number of fused-ring (bicyclic) bond motifs is 1. The number of rotatable bonds is 7. The summed E-state index contributed by atoms with van der Waals surface area (Å²) in [5.74, 6) is 1.17. The van der Waals surface area contributed by atoms with E-state index in [1.807, 2.05) is 18.9 Å². The van der Waals surface area contributed by atoms with Crippen molar-refractivity contribution in [1.82, 2.24) is 9.97 Å². The average molecular weight is 396 g/mol. The second-order valence-electron chi connectivity index (χ2n) is 6.60. The number of nitrogens with zero attached hydrogens (tertiary/aromatic N) is 3. The minimum Gasteiger partial charge on any atom is -0.462 e. The van der Waals surface area contributed by atoms with E-state index in [1.54, 1.807) is 6.92 Å². The van der Waals surface area contributed by atoms with Crippen LogP contribution in [0.2, 0.25) is 0 Å². The highest BCUT2D eigenvalue weighted by atomic mass is 32.1. The third-order valence-electron chi connectivity index (χ3n) is 4.68. The number of morpholine rings is 1. The van der Waals surface area contributed by atoms with E-state index in [9.17, 15) is 9.90 Å². The number of likely N-dealkylation sites (N-methyl/N-ethyl adjacent to an activating group) is 1. The Labute approximate surface area is 162 Å². The van der Waals surface area contributed by atoms with E-state index in [-0.39, 0.29) is 12.6 Å². The third kappa shape index (κ3) is 4.37. The zero-order valence-electron chi connectivity index (χ0n) is 16.1. The van der Waals surface area contributed by atoms with Gasteiger partial charge in [-0.3, -0.25) is 0 Å². The van der Waals surface area contributed by atoms with E-state index < -0.39 is 0 Å². The summed E-state index contributed by atoms with van der Waals surface area (Å²) in [6.45, 7) is 8.59. The van der Waals surface area contributed by atoms with E-state index in [2.05, 4.69) is 0 Å². The van der Waals surface area contributed by atoms with Gasteiger partial charge in [-0.1, -0.05) is 0 Å². The number of nitrogens with one attached hydrogen (secondary N) is 1. The molecule has 0 amide bonds. The monoisotopic (exact) mass is 395 g/mol. The molecule has 2 N–H and O–H groups in total. The van der Waals surface area contributed by atoms with Crippen molar-refractivity contribution >= 4 is 33.3 Å². The summed E-state index contributed by atoms with van der Waals surface area (Å²) in [7, 11) is 1.89. The predicted octanol–water partition coefficient (Wildman–Crippen LogP) is 0.0200. The van der Waals surface area contributed by atoms with Crippen molar-refractivity contribution in [1.29, 1.82) is 0 Å². The summed E-state index contributed by atoms with van der Waals surface area (Å²) < 4.78 is 10.6. The number of anilines is 1. The molecular weight excluding hydrogens is 368 g/mol. The van der Waals surface area contributed by atoms with Gasteiger partial charge >= 0.3 is 5.97 Å². The first-order valence-corrected chi connectivity index (χ1v) is 10.1. The first kappa shape index (κ1) is 19.9. The summed E-state index contributed by atoms with van der Waals surface area (Å²) in [4.78, 5) is 26.5. The van der Waals surface area contributed by atoms with Gasteiger partial charge in [0.2, 0.25) is 0 Å². The molecule has 2 aromatic heterocycles. The smallest absolute Gasteiger partial charge is 0.348 e. The second-order valence-corrected chi connectivity index (χ2v) is 7.60. The number of aryl methyl sites for hydroxylation is 1. The molecule has 0 aromatic carbocycles. The van der Waals surface area contributed by atoms with Crippen molar-refractivity contribution < 1.29 is 24.3 Å². The molecule has 1 fully saturated rings. The van der Waals surface area contributed by atoms with Crippen LogP contribution in [-0.2, 0) is 16.0 Å². The molecule has 1 aliphatic rings. The van der Waals surface area contributed by atoms with E-state index in [4.69, 9.17) is 19.4 Å². The lowest BCUT2D eigenvalue weighted by Gasteiger charge is -2.24. The van der Waals surface area contributed by atoms with Crippen molar-refractivity contribution in [2.45, 2.75) is 20.4 Å². The Bertz CT molecular complexity index is 804. The van der Waals surface area contributed by atoms with Crippen LogP contribution < -0.4 is 9.80 Å². The van der Waals surface area contributed by atoms with Crippen LogP contribution in [-0.4, -0.2) is 74.2 Å². The lowest BCUT2D eigenvalue weighted by Crippen LogP contribution is -3.12. The Morgan fingerprint density at radius 2 is 2.11 bits per heavy atom. The number of aliphatic hydroxyl groups is 1. The maximum Gasteiger partial charge on any atom is 0.348 e. The second kappa shape index (κ2) is 8.92. The summed E-state index contributed by atoms with van der Waals surface area (Å²) in [5.41, 5.74) is 0.832. The van der Waals surface area contributed by atoms with Crippen molar-refractivity contribution in [2.75, 3.05) is 58.0 Å². The molecule has 9 heteroatoms. The molecule has 148 valence electrons. The van der Waals surface area contributed by atoms with Crippen LogP contribution in [0.1, 0.15) is 28.0 Å². The van der Waals surface area contributed by atoms with Gasteiger partial charge in [0.05, 0.1) is 31.8 Å². The van der Waals surface area contributed by atoms with Crippen LogP contribution >= 0.6 is 11.3 Å². The van der Waals surface area contributed by atoms with Crippen molar-refractivity contribution in [3.63, 3.8) is 0 Å². The lowest BCUT2D eigenvalue weighted by molar-refractivity contribution is -0.922. The maximum absolute atomic E-state index is 12.3. The van der Waals surface area contributed by atoms with E-state index in [0.29, 0.717) is 24.6 Å². The van der Waals surface area contributed by atoms with Gasteiger partial charge in [0.15, 0.2) is 5.82 Å².